The minimum atomic E-state index is -0.143. The minimum Gasteiger partial charge on any atom is -0.490 e. The van der Waals surface area contributed by atoms with Crippen molar-refractivity contribution in [3.05, 3.63) is 53.9 Å². The largest absolute Gasteiger partial charge is 0.490 e. The molecule has 1 N–H and O–H groups in total. The number of amides is 1. The molecular weight excluding hydrogens is 380 g/mol. The number of pyridine rings is 1. The molecule has 1 fully saturated rings. The van der Waals surface area contributed by atoms with Crippen LogP contribution in [0.1, 0.15) is 55.5 Å². The van der Waals surface area contributed by atoms with Crippen LogP contribution in [0.5, 0.6) is 11.5 Å². The van der Waals surface area contributed by atoms with Gasteiger partial charge in [0, 0.05) is 30.1 Å². The Morgan fingerprint density at radius 2 is 2.03 bits per heavy atom. The first kappa shape index (κ1) is 22.1. The summed E-state index contributed by atoms with van der Waals surface area (Å²) in [6.07, 6.45) is 8.68. The van der Waals surface area contributed by atoms with Gasteiger partial charge in [-0.05, 0) is 49.9 Å². The number of carbonyl (C=O) groups excluding carboxylic acids is 1. The summed E-state index contributed by atoms with van der Waals surface area (Å²) in [5.41, 5.74) is 1.51. The van der Waals surface area contributed by atoms with Gasteiger partial charge in [0.1, 0.15) is 6.61 Å². The number of benzene rings is 1. The molecule has 0 spiro atoms. The van der Waals surface area contributed by atoms with Crippen LogP contribution in [0.15, 0.2) is 42.7 Å². The van der Waals surface area contributed by atoms with Gasteiger partial charge in [-0.25, -0.2) is 0 Å². The second-order valence-electron chi connectivity index (χ2n) is 7.67. The first-order valence-corrected chi connectivity index (χ1v) is 10.9. The lowest BCUT2D eigenvalue weighted by molar-refractivity contribution is -0.00293. The summed E-state index contributed by atoms with van der Waals surface area (Å²) in [6, 6.07) is 9.07. The molecule has 1 aromatic heterocycles. The Morgan fingerprint density at radius 3 is 2.80 bits per heavy atom. The molecule has 1 amide bonds. The molecule has 1 aromatic carbocycles. The van der Waals surface area contributed by atoms with Crippen LogP contribution in [0.4, 0.5) is 0 Å². The molecule has 1 aliphatic carbocycles. The fraction of sp³-hybridized carbons (Fsp3) is 0.500. The molecule has 6 heteroatoms. The van der Waals surface area contributed by atoms with Crippen molar-refractivity contribution < 1.29 is 19.0 Å². The summed E-state index contributed by atoms with van der Waals surface area (Å²) in [7, 11) is 0. The molecule has 1 aliphatic rings. The molecular formula is C24H32N2O4. The smallest absolute Gasteiger partial charge is 0.251 e. The molecule has 3 rings (SSSR count). The Bertz CT molecular complexity index is 797. The maximum absolute atomic E-state index is 12.5. The van der Waals surface area contributed by atoms with Crippen molar-refractivity contribution >= 4 is 5.91 Å². The summed E-state index contributed by atoms with van der Waals surface area (Å²) in [5, 5.41) is 2.93. The van der Waals surface area contributed by atoms with Gasteiger partial charge in [-0.15, -0.1) is 0 Å². The number of carbonyl (C=O) groups is 1. The Morgan fingerprint density at radius 1 is 1.17 bits per heavy atom. The van der Waals surface area contributed by atoms with Crippen LogP contribution < -0.4 is 14.8 Å². The molecule has 30 heavy (non-hydrogen) atoms. The van der Waals surface area contributed by atoms with Crippen molar-refractivity contribution in [1.29, 1.82) is 0 Å². The lowest BCUT2D eigenvalue weighted by Gasteiger charge is -2.28. The van der Waals surface area contributed by atoms with Crippen LogP contribution in [-0.2, 0) is 11.3 Å². The molecule has 2 unspecified atom stereocenters. The normalized spacial score (nSPS) is 18.6. The third-order valence-electron chi connectivity index (χ3n) is 5.38. The highest BCUT2D eigenvalue weighted by Gasteiger charge is 2.21. The van der Waals surface area contributed by atoms with Gasteiger partial charge in [-0.3, -0.25) is 9.78 Å². The molecule has 2 aromatic rings. The number of hydrogen-bond acceptors (Lipinski definition) is 5. The highest BCUT2D eigenvalue weighted by atomic mass is 16.5. The van der Waals surface area contributed by atoms with Gasteiger partial charge >= 0.3 is 0 Å². The van der Waals surface area contributed by atoms with Gasteiger partial charge in [0.15, 0.2) is 11.5 Å². The quantitative estimate of drug-likeness (QED) is 0.586. The zero-order chi connectivity index (χ0) is 21.2. The number of aromatic nitrogens is 1. The lowest BCUT2D eigenvalue weighted by Crippen LogP contribution is -2.31. The maximum Gasteiger partial charge on any atom is 0.251 e. The topological polar surface area (TPSA) is 69.7 Å². The van der Waals surface area contributed by atoms with Crippen LogP contribution in [0.3, 0.4) is 0 Å². The van der Waals surface area contributed by atoms with Crippen molar-refractivity contribution in [3.8, 4) is 11.5 Å². The summed E-state index contributed by atoms with van der Waals surface area (Å²) < 4.78 is 17.5. The van der Waals surface area contributed by atoms with E-state index in [-0.39, 0.29) is 5.91 Å². The molecule has 1 saturated carbocycles. The van der Waals surface area contributed by atoms with Crippen molar-refractivity contribution in [2.45, 2.75) is 52.2 Å². The number of rotatable bonds is 10. The van der Waals surface area contributed by atoms with Crippen LogP contribution in [0.25, 0.3) is 0 Å². The van der Waals surface area contributed by atoms with Gasteiger partial charge in [0.25, 0.3) is 5.91 Å². The average Bonchev–Trinajstić information content (AvgIpc) is 2.77. The van der Waals surface area contributed by atoms with Gasteiger partial charge in [-0.1, -0.05) is 25.8 Å². The molecule has 6 nitrogen and oxygen atoms in total. The monoisotopic (exact) mass is 412 g/mol. The molecule has 2 atom stereocenters. The van der Waals surface area contributed by atoms with Crippen molar-refractivity contribution in [3.63, 3.8) is 0 Å². The highest BCUT2D eigenvalue weighted by Crippen LogP contribution is 2.29. The second-order valence-corrected chi connectivity index (χ2v) is 7.67. The standard InChI is InChI=1S/C24H32N2O4/c1-3-28-23-15-20(10-11-22(23)30-17-19-8-6-12-25-16-19)24(27)26-13-14-29-21-9-5-4-7-18(21)2/h6,8,10-12,15-16,18,21H,3-5,7,9,13-14,17H2,1-2H3,(H,26,27). The van der Waals surface area contributed by atoms with E-state index in [4.69, 9.17) is 14.2 Å². The van der Waals surface area contributed by atoms with Crippen LogP contribution in [0.2, 0.25) is 0 Å². The third kappa shape index (κ3) is 6.46. The van der Waals surface area contributed by atoms with E-state index < -0.39 is 0 Å². The van der Waals surface area contributed by atoms with E-state index in [0.717, 1.165) is 12.0 Å². The maximum atomic E-state index is 12.5. The first-order chi connectivity index (χ1) is 14.7. The average molecular weight is 413 g/mol. The summed E-state index contributed by atoms with van der Waals surface area (Å²) in [4.78, 5) is 16.6. The van der Waals surface area contributed by atoms with E-state index in [1.54, 1.807) is 30.6 Å². The highest BCUT2D eigenvalue weighted by molar-refractivity contribution is 5.94. The number of nitrogens with zero attached hydrogens (tertiary/aromatic N) is 1. The first-order valence-electron chi connectivity index (χ1n) is 10.9. The predicted molar refractivity (Wildman–Crippen MR) is 116 cm³/mol. The fourth-order valence-electron chi connectivity index (χ4n) is 3.69. The van der Waals surface area contributed by atoms with Gasteiger partial charge in [0.2, 0.25) is 0 Å². The Balaban J connectivity index is 1.51. The zero-order valence-corrected chi connectivity index (χ0v) is 17.9. The third-order valence-corrected chi connectivity index (χ3v) is 5.38. The van der Waals surface area contributed by atoms with E-state index in [1.165, 1.54) is 19.3 Å². The predicted octanol–water partition coefficient (Wildman–Crippen LogP) is 4.38. The summed E-state index contributed by atoms with van der Waals surface area (Å²) in [6.45, 7) is 6.05. The van der Waals surface area contributed by atoms with E-state index >= 15 is 0 Å². The van der Waals surface area contributed by atoms with E-state index in [2.05, 4.69) is 17.2 Å². The van der Waals surface area contributed by atoms with Crippen molar-refractivity contribution in [2.75, 3.05) is 19.8 Å². The number of ether oxygens (including phenoxy) is 3. The molecule has 0 aliphatic heterocycles. The van der Waals surface area contributed by atoms with Gasteiger partial charge in [0.05, 0.1) is 19.3 Å². The van der Waals surface area contributed by atoms with E-state index in [1.807, 2.05) is 19.1 Å². The Hall–Kier alpha value is -2.60. The Kier molecular flexibility index (Phi) is 8.51. The van der Waals surface area contributed by atoms with Crippen molar-refractivity contribution in [1.82, 2.24) is 10.3 Å². The summed E-state index contributed by atoms with van der Waals surface area (Å²) in [5.74, 6) is 1.62. The summed E-state index contributed by atoms with van der Waals surface area (Å²) >= 11 is 0. The van der Waals surface area contributed by atoms with Gasteiger partial charge < -0.3 is 19.5 Å². The molecule has 0 radical (unpaired) electrons. The number of nitrogens with one attached hydrogen (secondary N) is 1. The molecule has 0 bridgehead atoms. The van der Waals surface area contributed by atoms with Crippen LogP contribution in [-0.4, -0.2) is 36.8 Å². The van der Waals surface area contributed by atoms with E-state index in [0.29, 0.717) is 55.4 Å². The fourth-order valence-corrected chi connectivity index (χ4v) is 3.69. The minimum absolute atomic E-state index is 0.143. The van der Waals surface area contributed by atoms with E-state index in [9.17, 15) is 4.79 Å². The zero-order valence-electron chi connectivity index (χ0n) is 17.9. The SMILES string of the molecule is CCOc1cc(C(=O)NCCOC2CCCCC2C)ccc1OCc1cccnc1. The number of hydrogen-bond donors (Lipinski definition) is 1. The molecule has 162 valence electrons. The molecule has 1 heterocycles. The Labute approximate surface area is 178 Å². The second kappa shape index (κ2) is 11.6. The van der Waals surface area contributed by atoms with Gasteiger partial charge in [-0.2, -0.15) is 0 Å². The van der Waals surface area contributed by atoms with Crippen LogP contribution >= 0.6 is 0 Å². The lowest BCUT2D eigenvalue weighted by atomic mass is 9.88. The van der Waals surface area contributed by atoms with Crippen LogP contribution in [0, 0.1) is 5.92 Å². The van der Waals surface area contributed by atoms with Crippen molar-refractivity contribution in [2.24, 2.45) is 5.92 Å². The molecule has 0 saturated heterocycles.